The number of aryl methyl sites for hydroxylation is 1. The number of aromatic nitrogens is 2. The van der Waals surface area contributed by atoms with Gasteiger partial charge in [-0.2, -0.15) is 0 Å². The molecule has 26 heavy (non-hydrogen) atoms. The van der Waals surface area contributed by atoms with E-state index in [0.717, 1.165) is 24.1 Å². The molecule has 1 fully saturated rings. The van der Waals surface area contributed by atoms with E-state index in [1.165, 1.54) is 16.3 Å². The van der Waals surface area contributed by atoms with Crippen molar-refractivity contribution >= 4 is 29.3 Å². The summed E-state index contributed by atoms with van der Waals surface area (Å²) in [6.07, 6.45) is 3.28. The van der Waals surface area contributed by atoms with Gasteiger partial charge in [0.25, 0.3) is 5.56 Å². The van der Waals surface area contributed by atoms with E-state index in [9.17, 15) is 9.59 Å². The van der Waals surface area contributed by atoms with Gasteiger partial charge in [-0.3, -0.25) is 14.2 Å². The summed E-state index contributed by atoms with van der Waals surface area (Å²) in [7, 11) is 1.71. The van der Waals surface area contributed by atoms with Crippen molar-refractivity contribution < 1.29 is 4.79 Å². The Morgan fingerprint density at radius 1 is 1.42 bits per heavy atom. The van der Waals surface area contributed by atoms with Crippen molar-refractivity contribution in [2.75, 3.05) is 5.75 Å². The van der Waals surface area contributed by atoms with Crippen molar-refractivity contribution in [1.82, 2.24) is 14.9 Å². The second-order valence-electron chi connectivity index (χ2n) is 6.47. The molecule has 5 nitrogen and oxygen atoms in total. The lowest BCUT2D eigenvalue weighted by Gasteiger charge is -2.13. The van der Waals surface area contributed by atoms with Gasteiger partial charge in [0, 0.05) is 30.1 Å². The second-order valence-corrected chi connectivity index (χ2v) is 7.85. The van der Waals surface area contributed by atoms with Gasteiger partial charge in [-0.15, -0.1) is 0 Å². The van der Waals surface area contributed by atoms with Crippen LogP contribution in [0.2, 0.25) is 5.02 Å². The number of nitrogens with one attached hydrogen (secondary N) is 1. The van der Waals surface area contributed by atoms with Crippen molar-refractivity contribution in [3.05, 3.63) is 56.5 Å². The molecule has 0 spiro atoms. The van der Waals surface area contributed by atoms with Gasteiger partial charge in [-0.25, -0.2) is 4.98 Å². The highest BCUT2D eigenvalue weighted by Crippen LogP contribution is 2.21. The lowest BCUT2D eigenvalue weighted by atomic mass is 10.0. The Morgan fingerprint density at radius 3 is 2.85 bits per heavy atom. The summed E-state index contributed by atoms with van der Waals surface area (Å²) in [5, 5.41) is 4.18. The molecule has 1 N–H and O–H groups in total. The summed E-state index contributed by atoms with van der Waals surface area (Å²) in [5.74, 6) is 0.265. The molecule has 138 valence electrons. The lowest BCUT2D eigenvalue weighted by molar-refractivity contribution is -0.118. The topological polar surface area (TPSA) is 64.0 Å². The summed E-state index contributed by atoms with van der Waals surface area (Å²) in [6.45, 7) is 1.98. The molecule has 1 aromatic carbocycles. The third-order valence-corrected chi connectivity index (χ3v) is 5.57. The maximum absolute atomic E-state index is 12.9. The first-order valence-corrected chi connectivity index (χ1v) is 10.1. The molecule has 0 bridgehead atoms. The molecule has 1 heterocycles. The first-order chi connectivity index (χ1) is 12.5. The zero-order valence-corrected chi connectivity index (χ0v) is 16.5. The number of hydrogen-bond acceptors (Lipinski definition) is 4. The van der Waals surface area contributed by atoms with E-state index in [-0.39, 0.29) is 17.2 Å². The molecule has 2 aromatic rings. The minimum Gasteiger partial charge on any atom is -0.353 e. The van der Waals surface area contributed by atoms with Gasteiger partial charge >= 0.3 is 0 Å². The van der Waals surface area contributed by atoms with Gasteiger partial charge < -0.3 is 5.32 Å². The number of nitrogens with zero attached hydrogens (tertiary/aromatic N) is 2. The van der Waals surface area contributed by atoms with Crippen LogP contribution in [0.5, 0.6) is 0 Å². The molecule has 1 amide bonds. The quantitative estimate of drug-likeness (QED) is 0.582. The molecule has 3 rings (SSSR count). The largest absolute Gasteiger partial charge is 0.353 e. The van der Waals surface area contributed by atoms with Crippen LogP contribution < -0.4 is 10.9 Å². The van der Waals surface area contributed by atoms with E-state index in [0.29, 0.717) is 34.6 Å². The Balaban J connectivity index is 1.81. The number of hydrogen-bond donors (Lipinski definition) is 1. The number of thioether (sulfide) groups is 1. The second kappa shape index (κ2) is 8.27. The highest BCUT2D eigenvalue weighted by molar-refractivity contribution is 7.99. The van der Waals surface area contributed by atoms with Crippen LogP contribution in [0.15, 0.2) is 34.2 Å². The summed E-state index contributed by atoms with van der Waals surface area (Å²) in [5.41, 5.74) is 2.37. The molecule has 1 saturated carbocycles. The van der Waals surface area contributed by atoms with Crippen LogP contribution in [0.4, 0.5) is 0 Å². The number of amides is 1. The molecular weight excluding hydrogens is 370 g/mol. The van der Waals surface area contributed by atoms with Crippen molar-refractivity contribution in [1.29, 1.82) is 0 Å². The summed E-state index contributed by atoms with van der Waals surface area (Å²) >= 11 is 7.36. The van der Waals surface area contributed by atoms with Gasteiger partial charge in [0.2, 0.25) is 5.91 Å². The molecule has 1 aromatic heterocycles. The van der Waals surface area contributed by atoms with Crippen LogP contribution >= 0.6 is 23.4 Å². The number of rotatable bonds is 7. The molecule has 0 aliphatic heterocycles. The standard InChI is InChI=1S/C19H22ClN3O2S/c1-3-16-15(10-12-5-4-6-13(20)9-12)18(25)23(2)19(22-16)26-11-17(24)21-14-7-8-14/h4-6,9,14H,3,7-8,10-11H2,1-2H3,(H,21,24). The first-order valence-electron chi connectivity index (χ1n) is 8.73. The Morgan fingerprint density at radius 2 is 2.19 bits per heavy atom. The maximum atomic E-state index is 12.9. The van der Waals surface area contributed by atoms with Crippen molar-refractivity contribution in [2.45, 2.75) is 43.8 Å². The lowest BCUT2D eigenvalue weighted by Crippen LogP contribution is -2.29. The molecular formula is C19H22ClN3O2S. The summed E-state index contributed by atoms with van der Waals surface area (Å²) in [6, 6.07) is 7.85. The zero-order valence-electron chi connectivity index (χ0n) is 14.9. The predicted octanol–water partition coefficient (Wildman–Crippen LogP) is 2.96. The SMILES string of the molecule is CCc1nc(SCC(=O)NC2CC2)n(C)c(=O)c1Cc1cccc(Cl)c1. The fraction of sp³-hybridized carbons (Fsp3) is 0.421. The third kappa shape index (κ3) is 4.68. The Kier molecular flexibility index (Phi) is 6.04. The maximum Gasteiger partial charge on any atom is 0.257 e. The van der Waals surface area contributed by atoms with E-state index in [1.807, 2.05) is 31.2 Å². The fourth-order valence-corrected chi connectivity index (χ4v) is 3.76. The predicted molar refractivity (Wildman–Crippen MR) is 105 cm³/mol. The molecule has 1 aliphatic rings. The average molecular weight is 392 g/mol. The zero-order chi connectivity index (χ0) is 18.7. The van der Waals surface area contributed by atoms with Gasteiger partial charge in [0.05, 0.1) is 11.4 Å². The molecule has 0 unspecified atom stereocenters. The minimum absolute atomic E-state index is 0.00667. The van der Waals surface area contributed by atoms with Gasteiger partial charge in [0.1, 0.15) is 0 Å². The summed E-state index contributed by atoms with van der Waals surface area (Å²) < 4.78 is 1.54. The van der Waals surface area contributed by atoms with E-state index in [1.54, 1.807) is 7.05 Å². The van der Waals surface area contributed by atoms with Crippen molar-refractivity contribution in [2.24, 2.45) is 7.05 Å². The smallest absolute Gasteiger partial charge is 0.257 e. The van der Waals surface area contributed by atoms with Gasteiger partial charge in [-0.1, -0.05) is 42.4 Å². The Bertz CT molecular complexity index is 878. The Hall–Kier alpha value is -1.79. The fourth-order valence-electron chi connectivity index (χ4n) is 2.75. The normalized spacial score (nSPS) is 13.7. The molecule has 0 radical (unpaired) electrons. The number of benzene rings is 1. The van der Waals surface area contributed by atoms with Gasteiger partial charge in [-0.05, 0) is 37.0 Å². The van der Waals surface area contributed by atoms with Crippen LogP contribution in [0.1, 0.15) is 36.6 Å². The van der Waals surface area contributed by atoms with E-state index in [4.69, 9.17) is 11.6 Å². The number of carbonyl (C=O) groups excluding carboxylic acids is 1. The Labute approximate surface area is 162 Å². The van der Waals surface area contributed by atoms with E-state index in [2.05, 4.69) is 10.3 Å². The molecule has 7 heteroatoms. The number of carbonyl (C=O) groups is 1. The van der Waals surface area contributed by atoms with Crippen LogP contribution in [-0.4, -0.2) is 27.3 Å². The molecule has 1 aliphatic carbocycles. The van der Waals surface area contributed by atoms with Crippen LogP contribution in [0.25, 0.3) is 0 Å². The highest BCUT2D eigenvalue weighted by Gasteiger charge is 2.23. The monoisotopic (exact) mass is 391 g/mol. The van der Waals surface area contributed by atoms with E-state index >= 15 is 0 Å². The average Bonchev–Trinajstić information content (AvgIpc) is 3.42. The van der Waals surface area contributed by atoms with E-state index < -0.39 is 0 Å². The molecule has 0 saturated heterocycles. The van der Waals surface area contributed by atoms with Gasteiger partial charge in [0.15, 0.2) is 5.16 Å². The highest BCUT2D eigenvalue weighted by atomic mass is 35.5. The summed E-state index contributed by atoms with van der Waals surface area (Å²) in [4.78, 5) is 29.4. The van der Waals surface area contributed by atoms with Crippen LogP contribution in [0, 0.1) is 0 Å². The first kappa shape index (κ1) is 19.0. The van der Waals surface area contributed by atoms with Crippen LogP contribution in [0.3, 0.4) is 0 Å². The van der Waals surface area contributed by atoms with Crippen molar-refractivity contribution in [3.8, 4) is 0 Å². The van der Waals surface area contributed by atoms with Crippen molar-refractivity contribution in [3.63, 3.8) is 0 Å². The third-order valence-electron chi connectivity index (χ3n) is 4.31. The minimum atomic E-state index is -0.0677. The van der Waals surface area contributed by atoms with Crippen LogP contribution in [-0.2, 0) is 24.7 Å². The molecule has 0 atom stereocenters. The number of halogens is 1.